The van der Waals surface area contributed by atoms with Crippen LogP contribution in [0.5, 0.6) is 0 Å². The van der Waals surface area contributed by atoms with Gasteiger partial charge in [-0.25, -0.2) is 0 Å². The SMILES string of the molecule is NCC1(Nc2ccncc2)CCOCC1. The van der Waals surface area contributed by atoms with E-state index in [1.165, 1.54) is 0 Å². The van der Waals surface area contributed by atoms with Crippen LogP contribution in [-0.4, -0.2) is 30.3 Å². The van der Waals surface area contributed by atoms with Crippen molar-refractivity contribution >= 4 is 5.69 Å². The van der Waals surface area contributed by atoms with Gasteiger partial charge in [0.25, 0.3) is 0 Å². The Hall–Kier alpha value is -1.13. The first-order valence-electron chi connectivity index (χ1n) is 5.31. The van der Waals surface area contributed by atoms with Gasteiger partial charge in [0.05, 0.1) is 5.54 Å². The molecular formula is C11H17N3O. The molecule has 2 rings (SSSR count). The fourth-order valence-corrected chi connectivity index (χ4v) is 1.88. The van der Waals surface area contributed by atoms with Crippen LogP contribution < -0.4 is 11.1 Å². The summed E-state index contributed by atoms with van der Waals surface area (Å²) in [7, 11) is 0. The van der Waals surface area contributed by atoms with Gasteiger partial charge < -0.3 is 15.8 Å². The van der Waals surface area contributed by atoms with Crippen LogP contribution in [0.4, 0.5) is 5.69 Å². The maximum absolute atomic E-state index is 5.85. The molecule has 1 aromatic rings. The number of anilines is 1. The molecule has 15 heavy (non-hydrogen) atoms. The molecule has 1 aliphatic rings. The number of nitrogens with one attached hydrogen (secondary N) is 1. The average Bonchev–Trinajstić information content (AvgIpc) is 2.32. The molecule has 1 fully saturated rings. The standard InChI is InChI=1S/C11H17N3O/c12-9-11(3-7-15-8-4-11)14-10-1-5-13-6-2-10/h1-2,5-6H,3-4,7-9,12H2,(H,13,14). The van der Waals surface area contributed by atoms with E-state index in [0.29, 0.717) is 6.54 Å². The second-order valence-electron chi connectivity index (χ2n) is 3.96. The fourth-order valence-electron chi connectivity index (χ4n) is 1.88. The molecule has 4 nitrogen and oxygen atoms in total. The van der Waals surface area contributed by atoms with E-state index in [4.69, 9.17) is 10.5 Å². The molecule has 3 N–H and O–H groups in total. The first-order valence-corrected chi connectivity index (χ1v) is 5.31. The van der Waals surface area contributed by atoms with Gasteiger partial charge in [-0.3, -0.25) is 4.98 Å². The Morgan fingerprint density at radius 2 is 2.00 bits per heavy atom. The number of pyridine rings is 1. The Balaban J connectivity index is 2.07. The number of rotatable bonds is 3. The Labute approximate surface area is 89.8 Å². The normalized spacial score (nSPS) is 19.8. The van der Waals surface area contributed by atoms with Gasteiger partial charge in [0.2, 0.25) is 0 Å². The molecule has 1 saturated heterocycles. The van der Waals surface area contributed by atoms with Crippen LogP contribution >= 0.6 is 0 Å². The van der Waals surface area contributed by atoms with Crippen molar-refractivity contribution in [1.82, 2.24) is 4.98 Å². The smallest absolute Gasteiger partial charge is 0.0539 e. The van der Waals surface area contributed by atoms with E-state index >= 15 is 0 Å². The van der Waals surface area contributed by atoms with Crippen molar-refractivity contribution in [3.63, 3.8) is 0 Å². The highest BCUT2D eigenvalue weighted by Gasteiger charge is 2.30. The van der Waals surface area contributed by atoms with Crippen molar-refractivity contribution in [2.24, 2.45) is 5.73 Å². The number of aromatic nitrogens is 1. The molecule has 0 radical (unpaired) electrons. The van der Waals surface area contributed by atoms with Gasteiger partial charge in [0.1, 0.15) is 0 Å². The number of hydrogen-bond acceptors (Lipinski definition) is 4. The van der Waals surface area contributed by atoms with Crippen molar-refractivity contribution in [3.05, 3.63) is 24.5 Å². The minimum Gasteiger partial charge on any atom is -0.381 e. The summed E-state index contributed by atoms with van der Waals surface area (Å²) in [5.41, 5.74) is 6.93. The van der Waals surface area contributed by atoms with Crippen molar-refractivity contribution in [2.45, 2.75) is 18.4 Å². The van der Waals surface area contributed by atoms with Crippen molar-refractivity contribution in [3.8, 4) is 0 Å². The first kappa shape index (κ1) is 10.4. The molecule has 0 saturated carbocycles. The van der Waals surface area contributed by atoms with E-state index in [9.17, 15) is 0 Å². The van der Waals surface area contributed by atoms with E-state index in [0.717, 1.165) is 31.7 Å². The fraction of sp³-hybridized carbons (Fsp3) is 0.545. The molecule has 82 valence electrons. The van der Waals surface area contributed by atoms with Gasteiger partial charge in [-0.1, -0.05) is 0 Å². The summed E-state index contributed by atoms with van der Waals surface area (Å²) in [5, 5.41) is 3.50. The van der Waals surface area contributed by atoms with E-state index in [-0.39, 0.29) is 5.54 Å². The van der Waals surface area contributed by atoms with Gasteiger partial charge in [-0.05, 0) is 25.0 Å². The molecule has 0 bridgehead atoms. The molecule has 0 spiro atoms. The van der Waals surface area contributed by atoms with Crippen LogP contribution in [-0.2, 0) is 4.74 Å². The highest BCUT2D eigenvalue weighted by atomic mass is 16.5. The molecule has 0 atom stereocenters. The second-order valence-corrected chi connectivity index (χ2v) is 3.96. The van der Waals surface area contributed by atoms with Crippen molar-refractivity contribution < 1.29 is 4.74 Å². The summed E-state index contributed by atoms with van der Waals surface area (Å²) in [5.74, 6) is 0. The zero-order valence-corrected chi connectivity index (χ0v) is 8.78. The number of nitrogens with two attached hydrogens (primary N) is 1. The Kier molecular flexibility index (Phi) is 3.18. The summed E-state index contributed by atoms with van der Waals surface area (Å²) in [6.07, 6.45) is 5.50. The summed E-state index contributed by atoms with van der Waals surface area (Å²) in [6, 6.07) is 3.93. The van der Waals surface area contributed by atoms with Crippen molar-refractivity contribution in [1.29, 1.82) is 0 Å². The number of hydrogen-bond donors (Lipinski definition) is 2. The minimum absolute atomic E-state index is 0.000394. The molecular weight excluding hydrogens is 190 g/mol. The Bertz CT molecular complexity index is 296. The third-order valence-corrected chi connectivity index (χ3v) is 2.93. The summed E-state index contributed by atoms with van der Waals surface area (Å²) in [6.45, 7) is 2.21. The lowest BCUT2D eigenvalue weighted by Crippen LogP contribution is -2.49. The third kappa shape index (κ3) is 2.46. The van der Waals surface area contributed by atoms with E-state index in [1.54, 1.807) is 12.4 Å². The minimum atomic E-state index is -0.000394. The third-order valence-electron chi connectivity index (χ3n) is 2.93. The Morgan fingerprint density at radius 1 is 1.33 bits per heavy atom. The Morgan fingerprint density at radius 3 is 2.60 bits per heavy atom. The topological polar surface area (TPSA) is 60.2 Å². The monoisotopic (exact) mass is 207 g/mol. The summed E-state index contributed by atoms with van der Waals surface area (Å²) >= 11 is 0. The van der Waals surface area contributed by atoms with Gasteiger partial charge in [-0.2, -0.15) is 0 Å². The highest BCUT2D eigenvalue weighted by molar-refractivity contribution is 5.44. The van der Waals surface area contributed by atoms with Crippen LogP contribution in [0, 0.1) is 0 Å². The maximum Gasteiger partial charge on any atom is 0.0539 e. The largest absolute Gasteiger partial charge is 0.381 e. The van der Waals surface area contributed by atoms with Crippen LogP contribution in [0.3, 0.4) is 0 Å². The van der Waals surface area contributed by atoms with Crippen molar-refractivity contribution in [2.75, 3.05) is 25.1 Å². The lowest BCUT2D eigenvalue weighted by molar-refractivity contribution is 0.0628. The predicted octanol–water partition coefficient (Wildman–Crippen LogP) is 1.00. The molecule has 4 heteroatoms. The first-order chi connectivity index (χ1) is 7.35. The maximum atomic E-state index is 5.85. The summed E-state index contributed by atoms with van der Waals surface area (Å²) < 4.78 is 5.36. The van der Waals surface area contributed by atoms with E-state index in [1.807, 2.05) is 12.1 Å². The molecule has 2 heterocycles. The van der Waals surface area contributed by atoms with E-state index < -0.39 is 0 Å². The molecule has 1 aliphatic heterocycles. The lowest BCUT2D eigenvalue weighted by atomic mass is 9.90. The van der Waals surface area contributed by atoms with Crippen LogP contribution in [0.1, 0.15) is 12.8 Å². The number of nitrogens with zero attached hydrogens (tertiary/aromatic N) is 1. The molecule has 0 unspecified atom stereocenters. The van der Waals surface area contributed by atoms with Crippen LogP contribution in [0.2, 0.25) is 0 Å². The van der Waals surface area contributed by atoms with Gasteiger partial charge in [-0.15, -0.1) is 0 Å². The predicted molar refractivity (Wildman–Crippen MR) is 59.7 cm³/mol. The molecule has 0 aliphatic carbocycles. The second kappa shape index (κ2) is 4.59. The summed E-state index contributed by atoms with van der Waals surface area (Å²) in [4.78, 5) is 3.99. The quantitative estimate of drug-likeness (QED) is 0.776. The average molecular weight is 207 g/mol. The zero-order valence-electron chi connectivity index (χ0n) is 8.78. The van der Waals surface area contributed by atoms with E-state index in [2.05, 4.69) is 10.3 Å². The van der Waals surface area contributed by atoms with Gasteiger partial charge >= 0.3 is 0 Å². The van der Waals surface area contributed by atoms with Gasteiger partial charge in [0, 0.05) is 37.8 Å². The zero-order chi connectivity index (χ0) is 10.6. The van der Waals surface area contributed by atoms with Crippen LogP contribution in [0.25, 0.3) is 0 Å². The molecule has 0 amide bonds. The molecule has 0 aromatic carbocycles. The molecule has 1 aromatic heterocycles. The van der Waals surface area contributed by atoms with Crippen LogP contribution in [0.15, 0.2) is 24.5 Å². The number of ether oxygens (including phenoxy) is 1. The van der Waals surface area contributed by atoms with Gasteiger partial charge in [0.15, 0.2) is 0 Å². The lowest BCUT2D eigenvalue weighted by Gasteiger charge is -2.37. The highest BCUT2D eigenvalue weighted by Crippen LogP contribution is 2.24.